The van der Waals surface area contributed by atoms with Crippen molar-refractivity contribution in [2.45, 2.75) is 6.92 Å². The molecule has 1 aromatic heterocycles. The molecule has 0 bridgehead atoms. The Morgan fingerprint density at radius 3 is 3.08 bits per heavy atom. The zero-order valence-corrected chi connectivity index (χ0v) is 7.59. The van der Waals surface area contributed by atoms with Gasteiger partial charge < -0.3 is 0 Å². The van der Waals surface area contributed by atoms with E-state index in [1.165, 1.54) is 6.20 Å². The van der Waals surface area contributed by atoms with Crippen LogP contribution in [-0.4, -0.2) is 28.1 Å². The van der Waals surface area contributed by atoms with Gasteiger partial charge in [0.15, 0.2) is 5.84 Å². The number of hydrogen-bond acceptors (Lipinski definition) is 3. The first-order chi connectivity index (χ1) is 6.38. The van der Waals surface area contributed by atoms with Gasteiger partial charge in [0, 0.05) is 25.1 Å². The summed E-state index contributed by atoms with van der Waals surface area (Å²) in [5, 5.41) is 0. The number of aliphatic imine (C=N–C) groups is 2. The van der Waals surface area contributed by atoms with Crippen LogP contribution in [0.25, 0.3) is 0 Å². The Kier molecular flexibility index (Phi) is 3.63. The molecule has 0 aliphatic carbocycles. The molecule has 0 saturated heterocycles. The summed E-state index contributed by atoms with van der Waals surface area (Å²) in [5.74, 6) is 0.717. The molecule has 4 nitrogen and oxygen atoms in total. The van der Waals surface area contributed by atoms with Crippen LogP contribution in [-0.2, 0) is 0 Å². The maximum Gasteiger partial charge on any atom is 0.155 e. The average molecular weight is 176 g/mol. The first kappa shape index (κ1) is 9.38. The quantitative estimate of drug-likeness (QED) is 0.506. The van der Waals surface area contributed by atoms with Crippen LogP contribution in [0, 0.1) is 0 Å². The lowest BCUT2D eigenvalue weighted by atomic mass is 10.6. The molecule has 0 unspecified atom stereocenters. The Morgan fingerprint density at radius 2 is 2.54 bits per heavy atom. The van der Waals surface area contributed by atoms with Gasteiger partial charge in [-0.15, -0.1) is 0 Å². The molecule has 0 fully saturated rings. The Labute approximate surface area is 77.4 Å². The Bertz CT molecular complexity index is 308. The lowest BCUT2D eigenvalue weighted by molar-refractivity contribution is 1.12. The summed E-state index contributed by atoms with van der Waals surface area (Å²) in [7, 11) is 0. The van der Waals surface area contributed by atoms with E-state index in [4.69, 9.17) is 0 Å². The average Bonchev–Trinajstić information content (AvgIpc) is 2.65. The van der Waals surface area contributed by atoms with Crippen LogP contribution >= 0.6 is 0 Å². The summed E-state index contributed by atoms with van der Waals surface area (Å²) < 4.78 is 1.78. The van der Waals surface area contributed by atoms with Gasteiger partial charge in [0.05, 0.1) is 6.21 Å². The van der Waals surface area contributed by atoms with Crippen molar-refractivity contribution in [1.82, 2.24) is 9.55 Å². The van der Waals surface area contributed by atoms with Crippen LogP contribution in [0.3, 0.4) is 0 Å². The number of rotatable bonds is 3. The molecule has 1 aromatic rings. The van der Waals surface area contributed by atoms with Crippen molar-refractivity contribution in [3.8, 4) is 0 Å². The number of imidazole rings is 1. The number of aromatic nitrogens is 2. The van der Waals surface area contributed by atoms with Gasteiger partial charge in [0.1, 0.15) is 6.33 Å². The van der Waals surface area contributed by atoms with E-state index in [1.807, 2.05) is 13.1 Å². The topological polar surface area (TPSA) is 42.5 Å². The molecule has 68 valence electrons. The van der Waals surface area contributed by atoms with Gasteiger partial charge in [-0.25, -0.2) is 9.98 Å². The zero-order chi connectivity index (χ0) is 9.52. The molecule has 0 N–H and O–H groups in total. The third-order valence-electron chi connectivity index (χ3n) is 1.38. The largest absolute Gasteiger partial charge is 0.290 e. The SMILES string of the molecule is C=CN=C(C=NCC)n1ccnc1. The fourth-order valence-electron chi connectivity index (χ4n) is 0.828. The van der Waals surface area contributed by atoms with Crippen LogP contribution in [0.5, 0.6) is 0 Å². The van der Waals surface area contributed by atoms with E-state index in [9.17, 15) is 0 Å². The van der Waals surface area contributed by atoms with E-state index in [2.05, 4.69) is 21.5 Å². The van der Waals surface area contributed by atoms with Crippen LogP contribution in [0.15, 0.2) is 41.5 Å². The van der Waals surface area contributed by atoms with Gasteiger partial charge in [-0.3, -0.25) is 9.56 Å². The van der Waals surface area contributed by atoms with Crippen molar-refractivity contribution < 1.29 is 0 Å². The van der Waals surface area contributed by atoms with Gasteiger partial charge in [-0.1, -0.05) is 6.58 Å². The van der Waals surface area contributed by atoms with Crippen molar-refractivity contribution >= 4 is 12.1 Å². The molecule has 0 aliphatic heterocycles. The van der Waals surface area contributed by atoms with Crippen LogP contribution in [0.2, 0.25) is 0 Å². The van der Waals surface area contributed by atoms with Crippen molar-refractivity contribution in [2.24, 2.45) is 9.98 Å². The second-order valence-corrected chi connectivity index (χ2v) is 2.27. The Hall–Kier alpha value is -1.71. The summed E-state index contributed by atoms with van der Waals surface area (Å²) in [6.45, 7) is 6.24. The van der Waals surface area contributed by atoms with Crippen molar-refractivity contribution in [2.75, 3.05) is 6.54 Å². The summed E-state index contributed by atoms with van der Waals surface area (Å²) >= 11 is 0. The summed E-state index contributed by atoms with van der Waals surface area (Å²) in [4.78, 5) is 12.1. The second-order valence-electron chi connectivity index (χ2n) is 2.27. The van der Waals surface area contributed by atoms with Gasteiger partial charge >= 0.3 is 0 Å². The number of nitrogens with zero attached hydrogens (tertiary/aromatic N) is 4. The molecule has 4 heteroatoms. The Morgan fingerprint density at radius 1 is 1.69 bits per heavy atom. The third kappa shape index (κ3) is 2.66. The van der Waals surface area contributed by atoms with Crippen LogP contribution in [0.1, 0.15) is 6.92 Å². The van der Waals surface area contributed by atoms with E-state index in [1.54, 1.807) is 23.3 Å². The minimum Gasteiger partial charge on any atom is -0.290 e. The minimum absolute atomic E-state index is 0.717. The van der Waals surface area contributed by atoms with Gasteiger partial charge in [-0.2, -0.15) is 0 Å². The molecule has 1 heterocycles. The highest BCUT2D eigenvalue weighted by atomic mass is 15.1. The molecule has 1 rings (SSSR count). The maximum atomic E-state index is 4.09. The highest BCUT2D eigenvalue weighted by molar-refractivity contribution is 6.30. The molecule has 0 atom stereocenters. The lowest BCUT2D eigenvalue weighted by Crippen LogP contribution is -2.10. The summed E-state index contributed by atoms with van der Waals surface area (Å²) in [6, 6.07) is 0. The van der Waals surface area contributed by atoms with E-state index in [0.29, 0.717) is 5.84 Å². The van der Waals surface area contributed by atoms with E-state index in [-0.39, 0.29) is 0 Å². The fourth-order valence-corrected chi connectivity index (χ4v) is 0.828. The van der Waals surface area contributed by atoms with Gasteiger partial charge in [-0.05, 0) is 6.92 Å². The van der Waals surface area contributed by atoms with Crippen LogP contribution < -0.4 is 0 Å². The molecular formula is C9H12N4. The summed E-state index contributed by atoms with van der Waals surface area (Å²) in [6.07, 6.45) is 8.35. The predicted molar refractivity (Wildman–Crippen MR) is 54.3 cm³/mol. The van der Waals surface area contributed by atoms with Gasteiger partial charge in [0.25, 0.3) is 0 Å². The van der Waals surface area contributed by atoms with Crippen molar-refractivity contribution in [1.29, 1.82) is 0 Å². The van der Waals surface area contributed by atoms with Crippen molar-refractivity contribution in [3.63, 3.8) is 0 Å². The molecule has 0 aliphatic rings. The second kappa shape index (κ2) is 5.03. The van der Waals surface area contributed by atoms with E-state index >= 15 is 0 Å². The smallest absolute Gasteiger partial charge is 0.155 e. The Balaban J connectivity index is 2.87. The predicted octanol–water partition coefficient (Wildman–Crippen LogP) is 1.36. The fraction of sp³-hybridized carbons (Fsp3) is 0.222. The van der Waals surface area contributed by atoms with Crippen molar-refractivity contribution in [3.05, 3.63) is 31.5 Å². The molecule has 0 saturated carbocycles. The first-order valence-electron chi connectivity index (χ1n) is 4.05. The van der Waals surface area contributed by atoms with E-state index in [0.717, 1.165) is 6.54 Å². The molecule has 0 amide bonds. The lowest BCUT2D eigenvalue weighted by Gasteiger charge is -1.98. The third-order valence-corrected chi connectivity index (χ3v) is 1.38. The zero-order valence-electron chi connectivity index (χ0n) is 7.59. The molecule has 0 aromatic carbocycles. The maximum absolute atomic E-state index is 4.09. The molecule has 0 radical (unpaired) electrons. The summed E-state index contributed by atoms with van der Waals surface area (Å²) in [5.41, 5.74) is 0. The standard InChI is InChI=1S/C9H12N4/c1-3-10-7-9(12-4-2)13-6-5-11-8-13/h4-8H,2-3H2,1H3. The number of hydrogen-bond donors (Lipinski definition) is 0. The highest BCUT2D eigenvalue weighted by Gasteiger charge is 1.95. The highest BCUT2D eigenvalue weighted by Crippen LogP contribution is 1.87. The van der Waals surface area contributed by atoms with Gasteiger partial charge in [0.2, 0.25) is 0 Å². The molecule has 13 heavy (non-hydrogen) atoms. The first-order valence-corrected chi connectivity index (χ1v) is 4.05. The van der Waals surface area contributed by atoms with E-state index < -0.39 is 0 Å². The normalized spacial score (nSPS) is 12.2. The van der Waals surface area contributed by atoms with Crippen LogP contribution in [0.4, 0.5) is 0 Å². The minimum atomic E-state index is 0.717. The molecular weight excluding hydrogens is 164 g/mol. The monoisotopic (exact) mass is 176 g/mol. The molecule has 0 spiro atoms.